The lowest BCUT2D eigenvalue weighted by Gasteiger charge is -2.22. The summed E-state index contributed by atoms with van der Waals surface area (Å²) in [6.07, 6.45) is 5.27. The summed E-state index contributed by atoms with van der Waals surface area (Å²) in [6, 6.07) is 5.96. The third kappa shape index (κ3) is 4.03. The summed E-state index contributed by atoms with van der Waals surface area (Å²) >= 11 is 2.31. The van der Waals surface area contributed by atoms with E-state index >= 15 is 0 Å². The maximum Gasteiger partial charge on any atom is 0.0591 e. The normalized spacial score (nSPS) is 20.2. The molecule has 3 nitrogen and oxygen atoms in total. The van der Waals surface area contributed by atoms with Gasteiger partial charge < -0.3 is 15.8 Å². The SMILES string of the molecule is Nc1ccc(NCCC2CCCCO2)c(I)c1. The van der Waals surface area contributed by atoms with E-state index in [-0.39, 0.29) is 0 Å². The molecule has 0 aliphatic carbocycles. The first-order chi connectivity index (χ1) is 8.25. The average Bonchev–Trinajstić information content (AvgIpc) is 2.33. The number of halogens is 1. The zero-order chi connectivity index (χ0) is 12.1. The van der Waals surface area contributed by atoms with Crippen LogP contribution in [-0.2, 0) is 4.74 Å². The molecule has 3 N–H and O–H groups in total. The lowest BCUT2D eigenvalue weighted by molar-refractivity contribution is 0.0134. The van der Waals surface area contributed by atoms with Gasteiger partial charge in [-0.2, -0.15) is 0 Å². The molecule has 1 atom stereocenters. The third-order valence-corrected chi connectivity index (χ3v) is 3.94. The van der Waals surface area contributed by atoms with Crippen molar-refractivity contribution in [2.75, 3.05) is 24.2 Å². The van der Waals surface area contributed by atoms with Gasteiger partial charge in [0.2, 0.25) is 0 Å². The van der Waals surface area contributed by atoms with E-state index < -0.39 is 0 Å². The first-order valence-corrected chi connectivity index (χ1v) is 7.24. The highest BCUT2D eigenvalue weighted by Crippen LogP contribution is 2.21. The van der Waals surface area contributed by atoms with Crippen molar-refractivity contribution in [3.63, 3.8) is 0 Å². The number of nitrogens with two attached hydrogens (primary N) is 1. The molecular formula is C13H19IN2O. The van der Waals surface area contributed by atoms with Crippen LogP contribution in [0.2, 0.25) is 0 Å². The number of benzene rings is 1. The summed E-state index contributed by atoms with van der Waals surface area (Å²) in [5.41, 5.74) is 7.70. The van der Waals surface area contributed by atoms with Crippen LogP contribution in [0.5, 0.6) is 0 Å². The number of nitrogen functional groups attached to an aromatic ring is 1. The van der Waals surface area contributed by atoms with Crippen LogP contribution in [0.1, 0.15) is 25.7 Å². The van der Waals surface area contributed by atoms with Gasteiger partial charge in [0.15, 0.2) is 0 Å². The second-order valence-electron chi connectivity index (χ2n) is 4.44. The standard InChI is InChI=1S/C13H19IN2O/c14-12-9-10(15)4-5-13(12)16-7-6-11-3-1-2-8-17-11/h4-5,9,11,16H,1-3,6-8,15H2. The number of hydrogen-bond donors (Lipinski definition) is 2. The Hall–Kier alpha value is -0.490. The third-order valence-electron chi connectivity index (χ3n) is 3.05. The van der Waals surface area contributed by atoms with Gasteiger partial charge in [0, 0.05) is 28.1 Å². The smallest absolute Gasteiger partial charge is 0.0591 e. The van der Waals surface area contributed by atoms with Crippen LogP contribution in [0.3, 0.4) is 0 Å². The molecule has 1 saturated heterocycles. The first kappa shape index (κ1) is 13.0. The van der Waals surface area contributed by atoms with Gasteiger partial charge in [-0.1, -0.05) is 0 Å². The zero-order valence-electron chi connectivity index (χ0n) is 9.92. The molecule has 1 fully saturated rings. The minimum atomic E-state index is 0.447. The van der Waals surface area contributed by atoms with Gasteiger partial charge in [0.25, 0.3) is 0 Å². The van der Waals surface area contributed by atoms with E-state index in [2.05, 4.69) is 27.9 Å². The van der Waals surface area contributed by atoms with Crippen LogP contribution >= 0.6 is 22.6 Å². The number of anilines is 2. The molecule has 1 heterocycles. The molecule has 1 aliphatic heterocycles. The molecule has 0 amide bonds. The van der Waals surface area contributed by atoms with E-state index in [4.69, 9.17) is 10.5 Å². The summed E-state index contributed by atoms with van der Waals surface area (Å²) in [5.74, 6) is 0. The molecule has 2 rings (SSSR count). The van der Waals surface area contributed by atoms with E-state index in [1.165, 1.54) is 22.8 Å². The molecule has 0 saturated carbocycles. The molecule has 0 aromatic heterocycles. The minimum Gasteiger partial charge on any atom is -0.399 e. The molecule has 1 aliphatic rings. The number of nitrogens with one attached hydrogen (secondary N) is 1. The molecule has 0 spiro atoms. The van der Waals surface area contributed by atoms with Crippen LogP contribution < -0.4 is 11.1 Å². The number of hydrogen-bond acceptors (Lipinski definition) is 3. The van der Waals surface area contributed by atoms with Gasteiger partial charge in [-0.3, -0.25) is 0 Å². The van der Waals surface area contributed by atoms with Gasteiger partial charge in [-0.15, -0.1) is 0 Å². The van der Waals surface area contributed by atoms with Crippen molar-refractivity contribution >= 4 is 34.0 Å². The minimum absolute atomic E-state index is 0.447. The quantitative estimate of drug-likeness (QED) is 0.650. The van der Waals surface area contributed by atoms with Gasteiger partial charge in [0.05, 0.1) is 6.10 Å². The first-order valence-electron chi connectivity index (χ1n) is 6.16. The Labute approximate surface area is 116 Å². The summed E-state index contributed by atoms with van der Waals surface area (Å²) in [5, 5.41) is 3.44. The lowest BCUT2D eigenvalue weighted by atomic mass is 10.1. The largest absolute Gasteiger partial charge is 0.399 e. The molecule has 4 heteroatoms. The molecule has 1 aromatic rings. The Balaban J connectivity index is 1.77. The maximum atomic E-state index is 5.72. The molecule has 17 heavy (non-hydrogen) atoms. The predicted molar refractivity (Wildman–Crippen MR) is 80.3 cm³/mol. The van der Waals surface area contributed by atoms with Crippen LogP contribution in [0.25, 0.3) is 0 Å². The fourth-order valence-electron chi connectivity index (χ4n) is 2.08. The average molecular weight is 346 g/mol. The van der Waals surface area contributed by atoms with E-state index in [0.29, 0.717) is 6.10 Å². The van der Waals surface area contributed by atoms with Crippen molar-refractivity contribution in [2.45, 2.75) is 31.8 Å². The van der Waals surface area contributed by atoms with E-state index in [0.717, 1.165) is 30.9 Å². The topological polar surface area (TPSA) is 47.3 Å². The van der Waals surface area contributed by atoms with Crippen LogP contribution in [0.4, 0.5) is 11.4 Å². The predicted octanol–water partition coefficient (Wildman–Crippen LogP) is 3.24. The van der Waals surface area contributed by atoms with Gasteiger partial charge in [-0.05, 0) is 66.5 Å². The Bertz CT molecular complexity index is 364. The monoisotopic (exact) mass is 346 g/mol. The highest BCUT2D eigenvalue weighted by Gasteiger charge is 2.13. The highest BCUT2D eigenvalue weighted by atomic mass is 127. The van der Waals surface area contributed by atoms with Crippen molar-refractivity contribution in [2.24, 2.45) is 0 Å². The Morgan fingerprint density at radius 1 is 1.41 bits per heavy atom. The molecule has 0 radical (unpaired) electrons. The van der Waals surface area contributed by atoms with Gasteiger partial charge in [-0.25, -0.2) is 0 Å². The number of ether oxygens (including phenoxy) is 1. The summed E-state index contributed by atoms with van der Waals surface area (Å²) in [6.45, 7) is 1.90. The van der Waals surface area contributed by atoms with Crippen molar-refractivity contribution in [1.29, 1.82) is 0 Å². The van der Waals surface area contributed by atoms with Crippen molar-refractivity contribution < 1.29 is 4.74 Å². The van der Waals surface area contributed by atoms with E-state index in [1.807, 2.05) is 18.2 Å². The Morgan fingerprint density at radius 2 is 2.29 bits per heavy atom. The molecular weight excluding hydrogens is 327 g/mol. The van der Waals surface area contributed by atoms with E-state index in [1.54, 1.807) is 0 Å². The zero-order valence-corrected chi connectivity index (χ0v) is 12.1. The fraction of sp³-hybridized carbons (Fsp3) is 0.538. The Morgan fingerprint density at radius 3 is 3.00 bits per heavy atom. The van der Waals surface area contributed by atoms with Crippen molar-refractivity contribution in [3.05, 3.63) is 21.8 Å². The highest BCUT2D eigenvalue weighted by molar-refractivity contribution is 14.1. The lowest BCUT2D eigenvalue weighted by Crippen LogP contribution is -2.22. The summed E-state index contributed by atoms with van der Waals surface area (Å²) in [7, 11) is 0. The van der Waals surface area contributed by atoms with Crippen LogP contribution in [0.15, 0.2) is 18.2 Å². The summed E-state index contributed by atoms with van der Waals surface area (Å²) in [4.78, 5) is 0. The van der Waals surface area contributed by atoms with Crippen LogP contribution in [0, 0.1) is 3.57 Å². The van der Waals surface area contributed by atoms with Crippen LogP contribution in [-0.4, -0.2) is 19.3 Å². The number of rotatable bonds is 4. The fourth-order valence-corrected chi connectivity index (χ4v) is 2.81. The maximum absolute atomic E-state index is 5.72. The molecule has 1 aromatic carbocycles. The summed E-state index contributed by atoms with van der Waals surface area (Å²) < 4.78 is 6.88. The molecule has 0 bridgehead atoms. The Kier molecular flexibility index (Phi) is 4.91. The van der Waals surface area contributed by atoms with Gasteiger partial charge >= 0.3 is 0 Å². The molecule has 94 valence electrons. The van der Waals surface area contributed by atoms with E-state index in [9.17, 15) is 0 Å². The second kappa shape index (κ2) is 6.44. The van der Waals surface area contributed by atoms with Crippen molar-refractivity contribution in [1.82, 2.24) is 0 Å². The second-order valence-corrected chi connectivity index (χ2v) is 5.61. The molecule has 1 unspecified atom stereocenters. The van der Waals surface area contributed by atoms with Gasteiger partial charge in [0.1, 0.15) is 0 Å². The van der Waals surface area contributed by atoms with Crippen molar-refractivity contribution in [3.8, 4) is 0 Å².